The third-order valence-corrected chi connectivity index (χ3v) is 5.08. The number of nitrogens with zero attached hydrogens (tertiary/aromatic N) is 2. The van der Waals surface area contributed by atoms with Crippen LogP contribution < -0.4 is 0 Å². The van der Waals surface area contributed by atoms with Crippen LogP contribution >= 0.6 is 24.0 Å². The Morgan fingerprint density at radius 2 is 1.96 bits per heavy atom. The lowest BCUT2D eigenvalue weighted by Crippen LogP contribution is -2.46. The molecule has 2 fully saturated rings. The van der Waals surface area contributed by atoms with Crippen LogP contribution in [-0.4, -0.2) is 58.8 Å². The summed E-state index contributed by atoms with van der Waals surface area (Å²) in [7, 11) is 0. The maximum atomic E-state index is 12.9. The maximum absolute atomic E-state index is 12.9. The van der Waals surface area contributed by atoms with Gasteiger partial charge in [-0.25, -0.2) is 4.39 Å². The molecular formula is C16H15FN2O3S2. The zero-order valence-electron chi connectivity index (χ0n) is 12.7. The van der Waals surface area contributed by atoms with Gasteiger partial charge in [0.1, 0.15) is 16.7 Å². The molecule has 126 valence electrons. The molecular weight excluding hydrogens is 351 g/mol. The molecule has 2 saturated heterocycles. The Labute approximate surface area is 148 Å². The first-order chi connectivity index (χ1) is 11.5. The number of carbonyl (C=O) groups is 2. The number of morpholine rings is 1. The zero-order valence-corrected chi connectivity index (χ0v) is 14.4. The molecule has 0 unspecified atom stereocenters. The van der Waals surface area contributed by atoms with E-state index in [9.17, 15) is 14.0 Å². The molecule has 0 saturated carbocycles. The second-order valence-electron chi connectivity index (χ2n) is 5.31. The summed E-state index contributed by atoms with van der Waals surface area (Å²) < 4.78 is 18.5. The second-order valence-corrected chi connectivity index (χ2v) is 6.99. The Morgan fingerprint density at radius 1 is 1.29 bits per heavy atom. The monoisotopic (exact) mass is 366 g/mol. The predicted molar refractivity (Wildman–Crippen MR) is 93.7 cm³/mol. The van der Waals surface area contributed by atoms with E-state index in [0.717, 1.165) is 11.8 Å². The molecule has 2 amide bonds. The first-order valence-corrected chi connectivity index (χ1v) is 8.63. The minimum absolute atomic E-state index is 0.0641. The van der Waals surface area contributed by atoms with Crippen molar-refractivity contribution >= 4 is 46.2 Å². The van der Waals surface area contributed by atoms with Crippen LogP contribution in [-0.2, 0) is 14.3 Å². The third-order valence-electron chi connectivity index (χ3n) is 3.70. The fraction of sp³-hybridized carbons (Fsp3) is 0.312. The summed E-state index contributed by atoms with van der Waals surface area (Å²) in [6.07, 6.45) is 1.65. The fourth-order valence-corrected chi connectivity index (χ4v) is 3.65. The molecule has 0 radical (unpaired) electrons. The molecule has 8 heteroatoms. The van der Waals surface area contributed by atoms with Gasteiger partial charge in [0.15, 0.2) is 0 Å². The first kappa shape index (κ1) is 17.1. The van der Waals surface area contributed by atoms with Crippen molar-refractivity contribution in [2.45, 2.75) is 0 Å². The molecule has 3 rings (SSSR count). The Morgan fingerprint density at radius 3 is 2.62 bits per heavy atom. The fourth-order valence-electron chi connectivity index (χ4n) is 2.39. The number of benzene rings is 1. The van der Waals surface area contributed by atoms with Crippen LogP contribution in [0, 0.1) is 5.82 Å². The van der Waals surface area contributed by atoms with E-state index in [0.29, 0.717) is 41.1 Å². The lowest BCUT2D eigenvalue weighted by atomic mass is 10.2. The Bertz CT molecular complexity index is 700. The number of ether oxygens (including phenoxy) is 1. The van der Waals surface area contributed by atoms with Crippen LogP contribution in [0.2, 0.25) is 0 Å². The Kier molecular flexibility index (Phi) is 5.27. The highest BCUT2D eigenvalue weighted by Gasteiger charge is 2.34. The summed E-state index contributed by atoms with van der Waals surface area (Å²) in [6.45, 7) is 2.01. The normalized spacial score (nSPS) is 20.1. The van der Waals surface area contributed by atoms with Crippen molar-refractivity contribution in [3.8, 4) is 0 Å². The van der Waals surface area contributed by atoms with Crippen LogP contribution in [0.3, 0.4) is 0 Å². The first-order valence-electron chi connectivity index (χ1n) is 7.41. The van der Waals surface area contributed by atoms with E-state index in [1.54, 1.807) is 23.1 Å². The van der Waals surface area contributed by atoms with Gasteiger partial charge >= 0.3 is 0 Å². The highest BCUT2D eigenvalue weighted by molar-refractivity contribution is 8.26. The van der Waals surface area contributed by atoms with Gasteiger partial charge < -0.3 is 9.64 Å². The lowest BCUT2D eigenvalue weighted by molar-refractivity contribution is -0.138. The summed E-state index contributed by atoms with van der Waals surface area (Å²) in [5.41, 5.74) is 0.705. The molecule has 0 aromatic heterocycles. The van der Waals surface area contributed by atoms with Crippen LogP contribution in [0.4, 0.5) is 4.39 Å². The number of hydrogen-bond donors (Lipinski definition) is 0. The van der Waals surface area contributed by atoms with Crippen molar-refractivity contribution in [3.63, 3.8) is 0 Å². The molecule has 0 bridgehead atoms. The zero-order chi connectivity index (χ0) is 17.1. The topological polar surface area (TPSA) is 49.9 Å². The molecule has 1 aromatic rings. The Balaban J connectivity index is 1.69. The molecule has 2 aliphatic rings. The molecule has 2 aliphatic heterocycles. The standard InChI is InChI=1S/C16H15FN2O3S2/c17-12-3-1-11(2-4-12)9-13-15(21)19(16(23)24-13)10-14(20)18-5-7-22-8-6-18/h1-4,9H,5-8,10H2/b13-9-. The van der Waals surface area contributed by atoms with Gasteiger partial charge in [0.25, 0.3) is 5.91 Å². The number of hydrogen-bond acceptors (Lipinski definition) is 5. The van der Waals surface area contributed by atoms with Gasteiger partial charge in [-0.2, -0.15) is 0 Å². The maximum Gasteiger partial charge on any atom is 0.266 e. The second kappa shape index (κ2) is 7.42. The number of amides is 2. The number of halogens is 1. The Hall–Kier alpha value is -1.77. The smallest absolute Gasteiger partial charge is 0.266 e. The average molecular weight is 366 g/mol. The van der Waals surface area contributed by atoms with Crippen molar-refractivity contribution < 1.29 is 18.7 Å². The van der Waals surface area contributed by atoms with Gasteiger partial charge in [-0.1, -0.05) is 36.1 Å². The minimum atomic E-state index is -0.337. The summed E-state index contributed by atoms with van der Waals surface area (Å²) in [4.78, 5) is 28.2. The minimum Gasteiger partial charge on any atom is -0.378 e. The van der Waals surface area contributed by atoms with Crippen molar-refractivity contribution in [1.82, 2.24) is 9.80 Å². The predicted octanol–water partition coefficient (Wildman–Crippen LogP) is 1.89. The van der Waals surface area contributed by atoms with E-state index in [-0.39, 0.29) is 24.2 Å². The van der Waals surface area contributed by atoms with Crippen LogP contribution in [0.25, 0.3) is 6.08 Å². The quantitative estimate of drug-likeness (QED) is 0.604. The van der Waals surface area contributed by atoms with Gasteiger partial charge in [0, 0.05) is 13.1 Å². The number of carbonyl (C=O) groups excluding carboxylic acids is 2. The number of thiocarbonyl (C=S) groups is 1. The highest BCUT2D eigenvalue weighted by atomic mass is 32.2. The SMILES string of the molecule is O=C(CN1C(=O)/C(=C/c2ccc(F)cc2)SC1=S)N1CCOCC1. The van der Waals surface area contributed by atoms with Gasteiger partial charge in [0.2, 0.25) is 5.91 Å². The summed E-state index contributed by atoms with van der Waals surface area (Å²) in [5, 5.41) is 0. The summed E-state index contributed by atoms with van der Waals surface area (Å²) in [5.74, 6) is -0.774. The van der Waals surface area contributed by atoms with Gasteiger partial charge in [-0.3, -0.25) is 14.5 Å². The van der Waals surface area contributed by atoms with E-state index < -0.39 is 0 Å². The van der Waals surface area contributed by atoms with Gasteiger partial charge in [-0.05, 0) is 23.8 Å². The van der Waals surface area contributed by atoms with Crippen molar-refractivity contribution in [2.24, 2.45) is 0 Å². The van der Waals surface area contributed by atoms with Crippen molar-refractivity contribution in [2.75, 3.05) is 32.8 Å². The molecule has 2 heterocycles. The van der Waals surface area contributed by atoms with E-state index in [1.807, 2.05) is 0 Å². The molecule has 1 aromatic carbocycles. The number of thioether (sulfide) groups is 1. The molecule has 5 nitrogen and oxygen atoms in total. The largest absolute Gasteiger partial charge is 0.378 e. The van der Waals surface area contributed by atoms with E-state index in [4.69, 9.17) is 17.0 Å². The molecule has 24 heavy (non-hydrogen) atoms. The lowest BCUT2D eigenvalue weighted by Gasteiger charge is -2.28. The van der Waals surface area contributed by atoms with E-state index in [1.165, 1.54) is 17.0 Å². The van der Waals surface area contributed by atoms with Gasteiger partial charge in [-0.15, -0.1) is 0 Å². The number of rotatable bonds is 3. The highest BCUT2D eigenvalue weighted by Crippen LogP contribution is 2.32. The van der Waals surface area contributed by atoms with Crippen molar-refractivity contribution in [1.29, 1.82) is 0 Å². The molecule has 0 spiro atoms. The average Bonchev–Trinajstić information content (AvgIpc) is 2.85. The van der Waals surface area contributed by atoms with E-state index >= 15 is 0 Å². The summed E-state index contributed by atoms with van der Waals surface area (Å²) >= 11 is 6.37. The van der Waals surface area contributed by atoms with Crippen molar-refractivity contribution in [3.05, 3.63) is 40.6 Å². The molecule has 0 N–H and O–H groups in total. The van der Waals surface area contributed by atoms with Crippen LogP contribution in [0.15, 0.2) is 29.2 Å². The van der Waals surface area contributed by atoms with Crippen LogP contribution in [0.1, 0.15) is 5.56 Å². The summed E-state index contributed by atoms with van der Waals surface area (Å²) in [6, 6.07) is 5.82. The van der Waals surface area contributed by atoms with Gasteiger partial charge in [0.05, 0.1) is 18.1 Å². The molecule has 0 atom stereocenters. The molecule has 0 aliphatic carbocycles. The van der Waals surface area contributed by atoms with E-state index in [2.05, 4.69) is 0 Å². The third kappa shape index (κ3) is 3.82. The van der Waals surface area contributed by atoms with Crippen LogP contribution in [0.5, 0.6) is 0 Å².